The van der Waals surface area contributed by atoms with Crippen LogP contribution in [0.2, 0.25) is 0 Å². The van der Waals surface area contributed by atoms with E-state index in [2.05, 4.69) is 6.92 Å². The lowest BCUT2D eigenvalue weighted by Gasteiger charge is -2.05. The van der Waals surface area contributed by atoms with E-state index in [1.807, 2.05) is 37.5 Å². The molecule has 0 spiro atoms. The average Bonchev–Trinajstić information content (AvgIpc) is 2.34. The van der Waals surface area contributed by atoms with Crippen molar-refractivity contribution in [3.8, 4) is 5.75 Å². The van der Waals surface area contributed by atoms with Crippen molar-refractivity contribution in [2.24, 2.45) is 0 Å². The predicted molar refractivity (Wildman–Crippen MR) is 67.5 cm³/mol. The van der Waals surface area contributed by atoms with Gasteiger partial charge in [0.1, 0.15) is 5.75 Å². The van der Waals surface area contributed by atoms with E-state index in [4.69, 9.17) is 9.47 Å². The van der Waals surface area contributed by atoms with E-state index in [-0.39, 0.29) is 0 Å². The first-order valence-corrected chi connectivity index (χ1v) is 5.70. The molecule has 0 amide bonds. The lowest BCUT2D eigenvalue weighted by molar-refractivity contribution is 0.245. The van der Waals surface area contributed by atoms with Crippen LogP contribution >= 0.6 is 0 Å². The SMILES string of the molecule is CCCCO/C=C(\C)c1ccc(OC)cc1. The minimum absolute atomic E-state index is 0.796. The zero-order valence-electron chi connectivity index (χ0n) is 10.3. The maximum atomic E-state index is 5.45. The molecule has 0 bridgehead atoms. The van der Waals surface area contributed by atoms with Crippen molar-refractivity contribution >= 4 is 5.57 Å². The van der Waals surface area contributed by atoms with Gasteiger partial charge in [-0.1, -0.05) is 25.5 Å². The van der Waals surface area contributed by atoms with Crippen molar-refractivity contribution in [2.45, 2.75) is 26.7 Å². The van der Waals surface area contributed by atoms with Crippen LogP contribution in [0.3, 0.4) is 0 Å². The smallest absolute Gasteiger partial charge is 0.118 e. The Morgan fingerprint density at radius 3 is 2.50 bits per heavy atom. The molecule has 0 aliphatic heterocycles. The zero-order valence-corrected chi connectivity index (χ0v) is 10.3. The van der Waals surface area contributed by atoms with Gasteiger partial charge in [0.2, 0.25) is 0 Å². The summed E-state index contributed by atoms with van der Waals surface area (Å²) in [6, 6.07) is 7.99. The van der Waals surface area contributed by atoms with Crippen LogP contribution in [0.1, 0.15) is 32.3 Å². The number of ether oxygens (including phenoxy) is 2. The summed E-state index contributed by atoms with van der Waals surface area (Å²) in [7, 11) is 1.67. The molecule has 0 aliphatic carbocycles. The topological polar surface area (TPSA) is 18.5 Å². The normalized spacial score (nSPS) is 11.3. The molecule has 0 saturated carbocycles. The van der Waals surface area contributed by atoms with Crippen LogP contribution in [0.15, 0.2) is 30.5 Å². The molecule has 0 heterocycles. The monoisotopic (exact) mass is 220 g/mol. The van der Waals surface area contributed by atoms with E-state index in [9.17, 15) is 0 Å². The third-order valence-corrected chi connectivity index (χ3v) is 2.42. The molecule has 0 saturated heterocycles. The molecule has 0 aromatic heterocycles. The van der Waals surface area contributed by atoms with Crippen LogP contribution in [-0.4, -0.2) is 13.7 Å². The summed E-state index contributed by atoms with van der Waals surface area (Å²) in [6.07, 6.45) is 4.10. The molecule has 2 nitrogen and oxygen atoms in total. The van der Waals surface area contributed by atoms with Gasteiger partial charge in [0.15, 0.2) is 0 Å². The first-order valence-electron chi connectivity index (χ1n) is 5.70. The second-order valence-corrected chi connectivity index (χ2v) is 3.75. The molecule has 0 aliphatic rings. The van der Waals surface area contributed by atoms with Crippen molar-refractivity contribution < 1.29 is 9.47 Å². The number of rotatable bonds is 6. The molecule has 0 radical (unpaired) electrons. The predicted octanol–water partition coefficient (Wildman–Crippen LogP) is 3.87. The lowest BCUT2D eigenvalue weighted by atomic mass is 10.1. The van der Waals surface area contributed by atoms with Gasteiger partial charge >= 0.3 is 0 Å². The fourth-order valence-corrected chi connectivity index (χ4v) is 1.33. The third kappa shape index (κ3) is 3.97. The molecule has 0 atom stereocenters. The Balaban J connectivity index is 2.54. The van der Waals surface area contributed by atoms with Crippen molar-refractivity contribution in [1.82, 2.24) is 0 Å². The summed E-state index contributed by atoms with van der Waals surface area (Å²) in [5.41, 5.74) is 2.30. The molecule has 0 unspecified atom stereocenters. The van der Waals surface area contributed by atoms with E-state index in [0.29, 0.717) is 0 Å². The lowest BCUT2D eigenvalue weighted by Crippen LogP contribution is -1.88. The van der Waals surface area contributed by atoms with E-state index in [1.165, 1.54) is 0 Å². The third-order valence-electron chi connectivity index (χ3n) is 2.42. The fourth-order valence-electron chi connectivity index (χ4n) is 1.33. The van der Waals surface area contributed by atoms with E-state index >= 15 is 0 Å². The molecule has 0 fully saturated rings. The summed E-state index contributed by atoms with van der Waals surface area (Å²) >= 11 is 0. The zero-order chi connectivity index (χ0) is 11.8. The molecule has 1 aromatic carbocycles. The maximum absolute atomic E-state index is 5.45. The molecule has 88 valence electrons. The standard InChI is InChI=1S/C14H20O2/c1-4-5-10-16-11-12(2)13-6-8-14(15-3)9-7-13/h6-9,11H,4-5,10H2,1-3H3/b12-11+. The summed E-state index contributed by atoms with van der Waals surface area (Å²) < 4.78 is 10.6. The van der Waals surface area contributed by atoms with Crippen molar-refractivity contribution in [2.75, 3.05) is 13.7 Å². The number of unbranched alkanes of at least 4 members (excludes halogenated alkanes) is 1. The highest BCUT2D eigenvalue weighted by Crippen LogP contribution is 2.18. The van der Waals surface area contributed by atoms with Crippen molar-refractivity contribution in [3.63, 3.8) is 0 Å². The van der Waals surface area contributed by atoms with Gasteiger partial charge in [-0.3, -0.25) is 0 Å². The Bertz CT molecular complexity index is 325. The Labute approximate surface area is 97.9 Å². The van der Waals surface area contributed by atoms with Crippen LogP contribution in [-0.2, 0) is 4.74 Å². The van der Waals surface area contributed by atoms with Crippen LogP contribution in [0.4, 0.5) is 0 Å². The Hall–Kier alpha value is -1.44. The first-order chi connectivity index (χ1) is 7.77. The van der Waals surface area contributed by atoms with Gasteiger partial charge in [-0.15, -0.1) is 0 Å². The number of allylic oxidation sites excluding steroid dienone is 1. The summed E-state index contributed by atoms with van der Waals surface area (Å²) in [4.78, 5) is 0. The van der Waals surface area contributed by atoms with Crippen LogP contribution in [0.25, 0.3) is 5.57 Å². The molecule has 2 heteroatoms. The minimum atomic E-state index is 0.796. The van der Waals surface area contributed by atoms with Crippen LogP contribution in [0, 0.1) is 0 Å². The number of benzene rings is 1. The van der Waals surface area contributed by atoms with Crippen LogP contribution in [0.5, 0.6) is 5.75 Å². The van der Waals surface area contributed by atoms with Crippen molar-refractivity contribution in [1.29, 1.82) is 0 Å². The Morgan fingerprint density at radius 1 is 1.25 bits per heavy atom. The van der Waals surface area contributed by atoms with Gasteiger partial charge in [0, 0.05) is 0 Å². The Kier molecular flexibility index (Phi) is 5.48. The number of hydrogen-bond donors (Lipinski definition) is 0. The molecule has 0 N–H and O–H groups in total. The highest BCUT2D eigenvalue weighted by molar-refractivity contribution is 5.63. The highest BCUT2D eigenvalue weighted by Gasteiger charge is 1.96. The van der Waals surface area contributed by atoms with E-state index in [1.54, 1.807) is 7.11 Å². The van der Waals surface area contributed by atoms with Crippen LogP contribution < -0.4 is 4.74 Å². The van der Waals surface area contributed by atoms with Gasteiger partial charge in [0.25, 0.3) is 0 Å². The summed E-state index contributed by atoms with van der Waals surface area (Å²) in [5.74, 6) is 0.878. The molecular formula is C14H20O2. The van der Waals surface area contributed by atoms with Gasteiger partial charge in [-0.05, 0) is 36.6 Å². The maximum Gasteiger partial charge on any atom is 0.118 e. The number of hydrogen-bond acceptors (Lipinski definition) is 2. The minimum Gasteiger partial charge on any atom is -0.501 e. The summed E-state index contributed by atoms with van der Waals surface area (Å²) in [5, 5.41) is 0. The quantitative estimate of drug-likeness (QED) is 0.535. The average molecular weight is 220 g/mol. The Morgan fingerprint density at radius 2 is 1.94 bits per heavy atom. The second-order valence-electron chi connectivity index (χ2n) is 3.75. The second kappa shape index (κ2) is 6.94. The van der Waals surface area contributed by atoms with Gasteiger partial charge in [-0.2, -0.15) is 0 Å². The van der Waals surface area contributed by atoms with Gasteiger partial charge < -0.3 is 9.47 Å². The largest absolute Gasteiger partial charge is 0.501 e. The van der Waals surface area contributed by atoms with Crippen molar-refractivity contribution in [3.05, 3.63) is 36.1 Å². The van der Waals surface area contributed by atoms with E-state index in [0.717, 1.165) is 36.3 Å². The van der Waals surface area contributed by atoms with Gasteiger partial charge in [-0.25, -0.2) is 0 Å². The highest BCUT2D eigenvalue weighted by atomic mass is 16.5. The van der Waals surface area contributed by atoms with Gasteiger partial charge in [0.05, 0.1) is 20.0 Å². The fraction of sp³-hybridized carbons (Fsp3) is 0.429. The summed E-state index contributed by atoms with van der Waals surface area (Å²) in [6.45, 7) is 5.00. The first kappa shape index (κ1) is 12.6. The molecule has 1 rings (SSSR count). The molecule has 1 aromatic rings. The number of methoxy groups -OCH3 is 1. The van der Waals surface area contributed by atoms with E-state index < -0.39 is 0 Å². The molecular weight excluding hydrogens is 200 g/mol. The molecule has 16 heavy (non-hydrogen) atoms.